The lowest BCUT2D eigenvalue weighted by atomic mass is 9.91. The van der Waals surface area contributed by atoms with Crippen molar-refractivity contribution in [2.75, 3.05) is 7.05 Å². The van der Waals surface area contributed by atoms with Crippen LogP contribution in [0.25, 0.3) is 0 Å². The second-order valence-electron chi connectivity index (χ2n) is 4.84. The molecule has 0 aliphatic heterocycles. The minimum Gasteiger partial charge on any atom is -0.309 e. The molecule has 0 aliphatic carbocycles. The zero-order valence-corrected chi connectivity index (χ0v) is 13.8. The third kappa shape index (κ3) is 3.01. The molecule has 106 valence electrons. The summed E-state index contributed by atoms with van der Waals surface area (Å²) in [5.41, 5.74) is 3.81. The molecule has 0 amide bonds. The first-order chi connectivity index (χ1) is 9.43. The third-order valence-electron chi connectivity index (χ3n) is 3.41. The number of hydrogen-bond acceptors (Lipinski definition) is 1. The Balaban J connectivity index is 2.58. The van der Waals surface area contributed by atoms with Crippen molar-refractivity contribution in [2.45, 2.75) is 19.9 Å². The average molecular weight is 387 g/mol. The Labute approximate surface area is 131 Å². The monoisotopic (exact) mass is 387 g/mol. The summed E-state index contributed by atoms with van der Waals surface area (Å²) in [6.07, 6.45) is 0. The van der Waals surface area contributed by atoms with Crippen molar-refractivity contribution in [3.63, 3.8) is 0 Å². The molecule has 0 saturated carbocycles. The second kappa shape index (κ2) is 6.18. The molecule has 0 aromatic heterocycles. The van der Waals surface area contributed by atoms with Gasteiger partial charge in [-0.3, -0.25) is 0 Å². The molecule has 4 heteroatoms. The molecule has 2 aromatic rings. The smallest absolute Gasteiger partial charge is 0.124 e. The van der Waals surface area contributed by atoms with E-state index in [-0.39, 0.29) is 17.7 Å². The Kier molecular flexibility index (Phi) is 4.75. The van der Waals surface area contributed by atoms with E-state index >= 15 is 0 Å². The van der Waals surface area contributed by atoms with Gasteiger partial charge in [-0.15, -0.1) is 0 Å². The van der Waals surface area contributed by atoms with Crippen LogP contribution in [-0.2, 0) is 0 Å². The molecule has 2 aromatic carbocycles. The molecule has 2 rings (SSSR count). The largest absolute Gasteiger partial charge is 0.309 e. The molecule has 1 N–H and O–H groups in total. The van der Waals surface area contributed by atoms with Crippen LogP contribution in [0.5, 0.6) is 0 Å². The highest BCUT2D eigenvalue weighted by molar-refractivity contribution is 14.1. The van der Waals surface area contributed by atoms with Crippen LogP contribution in [-0.4, -0.2) is 7.05 Å². The van der Waals surface area contributed by atoms with Gasteiger partial charge in [-0.1, -0.05) is 6.07 Å². The predicted molar refractivity (Wildman–Crippen MR) is 85.9 cm³/mol. The molecule has 20 heavy (non-hydrogen) atoms. The highest BCUT2D eigenvalue weighted by atomic mass is 127. The number of hydrogen-bond donors (Lipinski definition) is 1. The Hall–Kier alpha value is -1.01. The summed E-state index contributed by atoms with van der Waals surface area (Å²) < 4.78 is 27.5. The minimum atomic E-state index is -0.249. The van der Waals surface area contributed by atoms with Gasteiger partial charge in [0, 0.05) is 3.57 Å². The van der Waals surface area contributed by atoms with Crippen LogP contribution in [0.2, 0.25) is 0 Å². The molecule has 0 heterocycles. The van der Waals surface area contributed by atoms with Crippen molar-refractivity contribution in [1.82, 2.24) is 5.32 Å². The number of nitrogens with one attached hydrogen (secondary N) is 1. The van der Waals surface area contributed by atoms with Crippen molar-refractivity contribution in [2.24, 2.45) is 0 Å². The maximum atomic E-state index is 13.4. The van der Waals surface area contributed by atoms with E-state index in [1.54, 1.807) is 6.07 Å². The summed E-state index contributed by atoms with van der Waals surface area (Å²) in [6, 6.07) is 7.72. The molecule has 0 saturated heterocycles. The summed E-state index contributed by atoms with van der Waals surface area (Å²) in [5.74, 6) is -0.479. The molecule has 0 fully saturated rings. The highest BCUT2D eigenvalue weighted by Gasteiger charge is 2.19. The van der Waals surface area contributed by atoms with Gasteiger partial charge in [-0.25, -0.2) is 8.78 Å². The van der Waals surface area contributed by atoms with Crippen LogP contribution in [0, 0.1) is 29.1 Å². The van der Waals surface area contributed by atoms with Crippen LogP contribution >= 0.6 is 22.6 Å². The summed E-state index contributed by atoms with van der Waals surface area (Å²) >= 11 is 2.13. The van der Waals surface area contributed by atoms with Gasteiger partial charge in [0.1, 0.15) is 11.6 Å². The first-order valence-corrected chi connectivity index (χ1v) is 7.40. The Bertz CT molecular complexity index is 617. The van der Waals surface area contributed by atoms with Crippen LogP contribution in [0.15, 0.2) is 30.3 Å². The van der Waals surface area contributed by atoms with E-state index in [9.17, 15) is 8.78 Å². The van der Waals surface area contributed by atoms with Crippen molar-refractivity contribution < 1.29 is 8.78 Å². The van der Waals surface area contributed by atoms with Crippen molar-refractivity contribution in [3.05, 3.63) is 67.8 Å². The lowest BCUT2D eigenvalue weighted by Crippen LogP contribution is -2.21. The Morgan fingerprint density at radius 3 is 2.10 bits per heavy atom. The number of halogens is 3. The Morgan fingerprint density at radius 2 is 1.60 bits per heavy atom. The van der Waals surface area contributed by atoms with Crippen LogP contribution < -0.4 is 5.32 Å². The van der Waals surface area contributed by atoms with Crippen molar-refractivity contribution >= 4 is 22.6 Å². The van der Waals surface area contributed by atoms with Gasteiger partial charge >= 0.3 is 0 Å². The fraction of sp³-hybridized carbons (Fsp3) is 0.250. The quantitative estimate of drug-likeness (QED) is 0.766. The van der Waals surface area contributed by atoms with Crippen LogP contribution in [0.1, 0.15) is 28.3 Å². The van der Waals surface area contributed by atoms with E-state index < -0.39 is 0 Å². The standard InChI is InChI=1S/C16H16F2IN/c1-9-6-12(18)7-10(2)15(9)16(20-3)13-5-4-11(17)8-14(13)19/h4-8,16,20H,1-3H3. The molecule has 0 radical (unpaired) electrons. The van der Waals surface area contributed by atoms with Crippen LogP contribution in [0.4, 0.5) is 8.78 Å². The minimum absolute atomic E-state index is 0.0805. The van der Waals surface area contributed by atoms with E-state index in [0.717, 1.165) is 25.8 Å². The van der Waals surface area contributed by atoms with Crippen molar-refractivity contribution in [3.8, 4) is 0 Å². The summed E-state index contributed by atoms with van der Waals surface area (Å²) in [4.78, 5) is 0. The Morgan fingerprint density at radius 1 is 1.00 bits per heavy atom. The SMILES string of the molecule is CNC(c1ccc(F)cc1I)c1c(C)cc(F)cc1C. The lowest BCUT2D eigenvalue weighted by Gasteiger charge is -2.23. The topological polar surface area (TPSA) is 12.0 Å². The van der Waals surface area contributed by atoms with Gasteiger partial charge in [-0.2, -0.15) is 0 Å². The lowest BCUT2D eigenvalue weighted by molar-refractivity contribution is 0.614. The molecule has 1 nitrogen and oxygen atoms in total. The number of aryl methyl sites for hydroxylation is 2. The fourth-order valence-electron chi connectivity index (χ4n) is 2.57. The van der Waals surface area contributed by atoms with Gasteiger partial charge in [0.15, 0.2) is 0 Å². The molecule has 0 spiro atoms. The number of benzene rings is 2. The molecule has 1 unspecified atom stereocenters. The van der Waals surface area contributed by atoms with Gasteiger partial charge in [0.05, 0.1) is 6.04 Å². The van der Waals surface area contributed by atoms with E-state index in [1.807, 2.05) is 20.9 Å². The molecule has 0 bridgehead atoms. The molecule has 0 aliphatic rings. The fourth-order valence-corrected chi connectivity index (χ4v) is 3.36. The first-order valence-electron chi connectivity index (χ1n) is 6.33. The van der Waals surface area contributed by atoms with Crippen molar-refractivity contribution in [1.29, 1.82) is 0 Å². The predicted octanol–water partition coefficient (Wildman–Crippen LogP) is 4.50. The van der Waals surface area contributed by atoms with E-state index in [4.69, 9.17) is 0 Å². The molecular weight excluding hydrogens is 371 g/mol. The normalized spacial score (nSPS) is 12.5. The molecule has 1 atom stereocenters. The number of rotatable bonds is 3. The molecular formula is C16H16F2IN. The van der Waals surface area contributed by atoms with Gasteiger partial charge in [0.25, 0.3) is 0 Å². The summed E-state index contributed by atoms with van der Waals surface area (Å²) in [6.45, 7) is 3.79. The third-order valence-corrected chi connectivity index (χ3v) is 4.34. The van der Waals surface area contributed by atoms with E-state index in [1.165, 1.54) is 24.3 Å². The zero-order valence-electron chi connectivity index (χ0n) is 11.6. The van der Waals surface area contributed by atoms with Crippen LogP contribution in [0.3, 0.4) is 0 Å². The first kappa shape index (κ1) is 15.4. The highest BCUT2D eigenvalue weighted by Crippen LogP contribution is 2.31. The van der Waals surface area contributed by atoms with Gasteiger partial charge in [-0.05, 0) is 90.0 Å². The average Bonchev–Trinajstić information content (AvgIpc) is 2.34. The maximum Gasteiger partial charge on any atom is 0.124 e. The second-order valence-corrected chi connectivity index (χ2v) is 6.00. The van der Waals surface area contributed by atoms with Gasteiger partial charge < -0.3 is 5.32 Å². The maximum absolute atomic E-state index is 13.4. The zero-order chi connectivity index (χ0) is 14.9. The summed E-state index contributed by atoms with van der Waals surface area (Å²) in [5, 5.41) is 3.25. The summed E-state index contributed by atoms with van der Waals surface area (Å²) in [7, 11) is 1.85. The van der Waals surface area contributed by atoms with E-state index in [2.05, 4.69) is 27.9 Å². The van der Waals surface area contributed by atoms with Gasteiger partial charge in [0.2, 0.25) is 0 Å². The van der Waals surface area contributed by atoms with E-state index in [0.29, 0.717) is 0 Å².